The second-order valence-electron chi connectivity index (χ2n) is 6.58. The van der Waals surface area contributed by atoms with Crippen molar-refractivity contribution in [3.8, 4) is 0 Å². The average Bonchev–Trinajstić information content (AvgIpc) is 2.54. The first kappa shape index (κ1) is 19.9. The molecule has 0 amide bonds. The fourth-order valence-corrected chi connectivity index (χ4v) is 3.44. The molecule has 150 valence electrons. The van der Waals surface area contributed by atoms with Crippen molar-refractivity contribution in [2.45, 2.75) is 37.1 Å². The Kier molecular flexibility index (Phi) is 4.87. The first-order valence-electron chi connectivity index (χ1n) is 7.90. The van der Waals surface area contributed by atoms with Crippen LogP contribution in [-0.2, 0) is 27.1 Å². The predicted molar refractivity (Wildman–Crippen MR) is 75.8 cm³/mol. The van der Waals surface area contributed by atoms with E-state index >= 15 is 0 Å². The van der Waals surface area contributed by atoms with Crippen molar-refractivity contribution in [2.75, 3.05) is 13.1 Å². The molecule has 0 spiro atoms. The van der Waals surface area contributed by atoms with Crippen LogP contribution in [0.4, 0.5) is 30.7 Å². The number of esters is 1. The molecule has 3 rings (SSSR count). The molecule has 0 radical (unpaired) electrons. The lowest BCUT2D eigenvalue weighted by Crippen LogP contribution is -2.72. The number of ether oxygens (including phenoxy) is 2. The molecule has 1 aromatic rings. The third-order valence-electron chi connectivity index (χ3n) is 4.71. The zero-order valence-electron chi connectivity index (χ0n) is 13.6. The highest BCUT2D eigenvalue weighted by atomic mass is 19.4. The Morgan fingerprint density at radius 3 is 2.48 bits per heavy atom. The maximum atomic E-state index is 13.9. The van der Waals surface area contributed by atoms with Gasteiger partial charge in [0.2, 0.25) is 0 Å². The van der Waals surface area contributed by atoms with Gasteiger partial charge in [-0.25, -0.2) is 9.18 Å². The van der Waals surface area contributed by atoms with Gasteiger partial charge in [-0.2, -0.15) is 26.3 Å². The van der Waals surface area contributed by atoms with Crippen LogP contribution in [0.3, 0.4) is 0 Å². The molecule has 3 atom stereocenters. The van der Waals surface area contributed by atoms with Crippen molar-refractivity contribution >= 4 is 5.97 Å². The Morgan fingerprint density at radius 1 is 1.22 bits per heavy atom. The van der Waals surface area contributed by atoms with Gasteiger partial charge in [0.25, 0.3) is 0 Å². The summed E-state index contributed by atoms with van der Waals surface area (Å²) in [5, 5.41) is 2.82. The first-order valence-corrected chi connectivity index (χ1v) is 7.90. The summed E-state index contributed by atoms with van der Waals surface area (Å²) in [6.45, 7) is -0.118. The minimum Gasteiger partial charge on any atom is -0.448 e. The van der Waals surface area contributed by atoms with E-state index in [0.29, 0.717) is 18.7 Å². The molecule has 3 unspecified atom stereocenters. The second kappa shape index (κ2) is 6.62. The predicted octanol–water partition coefficient (Wildman–Crippen LogP) is 3.20. The average molecular weight is 401 g/mol. The van der Waals surface area contributed by atoms with Crippen LogP contribution in [-0.4, -0.2) is 36.9 Å². The molecule has 1 saturated heterocycles. The molecule has 11 heteroatoms. The Hall–Kier alpha value is -1.88. The fraction of sp³-hybridized carbons (Fsp3) is 0.562. The van der Waals surface area contributed by atoms with E-state index in [9.17, 15) is 35.5 Å². The van der Waals surface area contributed by atoms with Crippen LogP contribution >= 0.6 is 0 Å². The molecule has 1 heterocycles. The third kappa shape index (κ3) is 3.88. The number of fused-ring (bicyclic) bond motifs is 2. The van der Waals surface area contributed by atoms with Crippen LogP contribution in [0.25, 0.3) is 0 Å². The van der Waals surface area contributed by atoms with Crippen LogP contribution in [0.1, 0.15) is 17.5 Å². The van der Waals surface area contributed by atoms with E-state index in [4.69, 9.17) is 4.74 Å². The molecular formula is C16H14F7NO3. The standard InChI is InChI=1S/C16H14F7NO3/c17-11-3-10(15(18,19)20)2-1-8(11)6-26-12-9-4-14(12,7-24-5-9)27-13(25)16(21,22)23/h1-3,9,12,24H,4-7H2. The molecule has 4 nitrogen and oxygen atoms in total. The Morgan fingerprint density at radius 2 is 1.93 bits per heavy atom. The summed E-state index contributed by atoms with van der Waals surface area (Å²) >= 11 is 0. The van der Waals surface area contributed by atoms with Crippen molar-refractivity contribution in [2.24, 2.45) is 5.92 Å². The molecule has 1 aromatic carbocycles. The smallest absolute Gasteiger partial charge is 0.448 e. The summed E-state index contributed by atoms with van der Waals surface area (Å²) in [5.41, 5.74) is -2.87. The molecule has 2 bridgehead atoms. The number of piperidine rings is 2. The summed E-state index contributed by atoms with van der Waals surface area (Å²) in [7, 11) is 0. The lowest BCUT2D eigenvalue weighted by Gasteiger charge is -2.57. The molecule has 0 aromatic heterocycles. The molecule has 2 aliphatic rings. The van der Waals surface area contributed by atoms with Crippen molar-refractivity contribution in [3.05, 3.63) is 35.1 Å². The van der Waals surface area contributed by atoms with Crippen LogP contribution in [0.2, 0.25) is 0 Å². The molecule has 1 saturated carbocycles. The third-order valence-corrected chi connectivity index (χ3v) is 4.71. The van der Waals surface area contributed by atoms with E-state index in [1.807, 2.05) is 0 Å². The number of hydrogen-bond donors (Lipinski definition) is 1. The van der Waals surface area contributed by atoms with Gasteiger partial charge >= 0.3 is 18.3 Å². The summed E-state index contributed by atoms with van der Waals surface area (Å²) < 4.78 is 99.0. The number of halogens is 7. The van der Waals surface area contributed by atoms with Gasteiger partial charge in [-0.3, -0.25) is 0 Å². The number of benzene rings is 1. The lowest BCUT2D eigenvalue weighted by atomic mass is 9.64. The number of nitrogens with one attached hydrogen (secondary N) is 1. The van der Waals surface area contributed by atoms with Gasteiger partial charge < -0.3 is 14.8 Å². The van der Waals surface area contributed by atoms with E-state index in [1.165, 1.54) is 0 Å². The van der Waals surface area contributed by atoms with Gasteiger partial charge in [-0.05, 0) is 18.6 Å². The normalized spacial score (nSPS) is 27.8. The first-order chi connectivity index (χ1) is 12.4. The Balaban J connectivity index is 1.69. The maximum absolute atomic E-state index is 13.9. The van der Waals surface area contributed by atoms with E-state index < -0.39 is 48.0 Å². The van der Waals surface area contributed by atoms with E-state index in [0.717, 1.165) is 6.07 Å². The number of rotatable bonds is 4. The minimum atomic E-state index is -5.17. The monoisotopic (exact) mass is 401 g/mol. The lowest BCUT2D eigenvalue weighted by molar-refractivity contribution is -0.267. The van der Waals surface area contributed by atoms with Gasteiger partial charge in [0.05, 0.1) is 12.2 Å². The van der Waals surface area contributed by atoms with Crippen LogP contribution in [0.15, 0.2) is 18.2 Å². The van der Waals surface area contributed by atoms with E-state index in [1.54, 1.807) is 0 Å². The molecule has 27 heavy (non-hydrogen) atoms. The van der Waals surface area contributed by atoms with Crippen molar-refractivity contribution in [1.29, 1.82) is 0 Å². The number of carbonyl (C=O) groups excluding carboxylic acids is 1. The molecular weight excluding hydrogens is 387 g/mol. The van der Waals surface area contributed by atoms with Crippen LogP contribution in [0, 0.1) is 11.7 Å². The Bertz CT molecular complexity index is 730. The molecule has 1 aliphatic heterocycles. The highest BCUT2D eigenvalue weighted by Gasteiger charge is 2.62. The maximum Gasteiger partial charge on any atom is 0.490 e. The SMILES string of the molecule is O=C(OC12CNCC(C1)C2OCc1ccc(C(F)(F)F)cc1F)C(F)(F)F. The van der Waals surface area contributed by atoms with Gasteiger partial charge in [-0.1, -0.05) is 6.07 Å². The summed E-state index contributed by atoms with van der Waals surface area (Å²) in [6, 6.07) is 1.91. The van der Waals surface area contributed by atoms with E-state index in [-0.39, 0.29) is 24.4 Å². The fourth-order valence-electron chi connectivity index (χ4n) is 3.44. The summed E-state index contributed by atoms with van der Waals surface area (Å²) in [6.07, 6.45) is -10.6. The van der Waals surface area contributed by atoms with Gasteiger partial charge in [0.1, 0.15) is 11.9 Å². The van der Waals surface area contributed by atoms with Gasteiger partial charge in [0.15, 0.2) is 5.60 Å². The van der Waals surface area contributed by atoms with Crippen molar-refractivity contribution < 1.29 is 45.0 Å². The highest BCUT2D eigenvalue weighted by Crippen LogP contribution is 2.47. The minimum absolute atomic E-state index is 0.0640. The zero-order valence-corrected chi connectivity index (χ0v) is 13.6. The van der Waals surface area contributed by atoms with Crippen LogP contribution < -0.4 is 5.32 Å². The van der Waals surface area contributed by atoms with Gasteiger partial charge in [-0.15, -0.1) is 0 Å². The number of carbonyl (C=O) groups is 1. The van der Waals surface area contributed by atoms with Crippen LogP contribution in [0.5, 0.6) is 0 Å². The summed E-state index contributed by atoms with van der Waals surface area (Å²) in [4.78, 5) is 11.2. The summed E-state index contributed by atoms with van der Waals surface area (Å²) in [5.74, 6) is -3.75. The quantitative estimate of drug-likeness (QED) is 0.622. The van der Waals surface area contributed by atoms with Crippen molar-refractivity contribution in [1.82, 2.24) is 5.32 Å². The Labute approximate surface area is 148 Å². The zero-order chi connectivity index (χ0) is 20.0. The second-order valence-corrected chi connectivity index (χ2v) is 6.58. The molecule has 1 aliphatic carbocycles. The largest absolute Gasteiger partial charge is 0.490 e. The number of alkyl halides is 6. The van der Waals surface area contributed by atoms with E-state index in [2.05, 4.69) is 10.1 Å². The van der Waals surface area contributed by atoms with Gasteiger partial charge in [0, 0.05) is 24.6 Å². The molecule has 1 N–H and O–H groups in total. The number of hydrogen-bond acceptors (Lipinski definition) is 4. The van der Waals surface area contributed by atoms with Crippen molar-refractivity contribution in [3.63, 3.8) is 0 Å². The highest BCUT2D eigenvalue weighted by molar-refractivity contribution is 5.76. The molecule has 2 fully saturated rings. The topological polar surface area (TPSA) is 47.6 Å².